The Kier molecular flexibility index (Phi) is 4.21. The van der Waals surface area contributed by atoms with Gasteiger partial charge in [-0.2, -0.15) is 0 Å². The number of nitrogens with one attached hydrogen (secondary N) is 1. The van der Waals surface area contributed by atoms with Crippen LogP contribution in [0.4, 0.5) is 4.79 Å². The number of urea groups is 1. The topological polar surface area (TPSA) is 65.8 Å². The maximum atomic E-state index is 12.7. The predicted octanol–water partition coefficient (Wildman–Crippen LogP) is 2.45. The van der Waals surface area contributed by atoms with E-state index in [1.165, 1.54) is 0 Å². The summed E-state index contributed by atoms with van der Waals surface area (Å²) >= 11 is 0. The Morgan fingerprint density at radius 3 is 2.92 bits per heavy atom. The smallest absolute Gasteiger partial charge is 0.317 e. The van der Waals surface area contributed by atoms with Crippen molar-refractivity contribution in [3.63, 3.8) is 0 Å². The van der Waals surface area contributed by atoms with Crippen molar-refractivity contribution in [2.75, 3.05) is 19.6 Å². The van der Waals surface area contributed by atoms with Crippen LogP contribution in [0.3, 0.4) is 0 Å². The molecule has 1 aromatic rings. The standard InChI is InChI=1S/C18H25N3O3/c22-17-7-3-10-21(17)13-4-2-9-20(12-13)18(23)19-15-5-1-6-16-14(15)8-11-24-16/h8,11,13,15H,1-7,9-10,12H2,(H,19,23)/t13-,15-/m1/s1. The third-order valence-electron chi connectivity index (χ3n) is 5.58. The highest BCUT2D eigenvalue weighted by Gasteiger charge is 2.33. The van der Waals surface area contributed by atoms with Crippen LogP contribution in [-0.4, -0.2) is 47.4 Å². The molecule has 0 radical (unpaired) electrons. The van der Waals surface area contributed by atoms with Gasteiger partial charge in [-0.05, 0) is 38.2 Å². The van der Waals surface area contributed by atoms with Crippen molar-refractivity contribution in [2.45, 2.75) is 57.0 Å². The first kappa shape index (κ1) is 15.5. The monoisotopic (exact) mass is 331 g/mol. The highest BCUT2D eigenvalue weighted by Crippen LogP contribution is 2.31. The van der Waals surface area contributed by atoms with Crippen molar-refractivity contribution in [2.24, 2.45) is 0 Å². The Labute approximate surface area is 142 Å². The number of furan rings is 1. The third kappa shape index (κ3) is 2.89. The highest BCUT2D eigenvalue weighted by molar-refractivity contribution is 5.79. The molecular formula is C18H25N3O3. The lowest BCUT2D eigenvalue weighted by atomic mass is 9.93. The van der Waals surface area contributed by atoms with Gasteiger partial charge in [0.2, 0.25) is 5.91 Å². The summed E-state index contributed by atoms with van der Waals surface area (Å²) in [5.74, 6) is 1.25. The molecule has 3 aliphatic rings. The summed E-state index contributed by atoms with van der Waals surface area (Å²) in [7, 11) is 0. The average Bonchev–Trinajstić information content (AvgIpc) is 3.24. The van der Waals surface area contributed by atoms with Gasteiger partial charge in [0.05, 0.1) is 12.3 Å². The van der Waals surface area contributed by atoms with Crippen LogP contribution < -0.4 is 5.32 Å². The number of fused-ring (bicyclic) bond motifs is 1. The number of piperidine rings is 1. The fourth-order valence-corrected chi connectivity index (χ4v) is 4.33. The molecular weight excluding hydrogens is 306 g/mol. The van der Waals surface area contributed by atoms with Crippen LogP contribution in [0, 0.1) is 0 Å². The van der Waals surface area contributed by atoms with Gasteiger partial charge in [0.1, 0.15) is 5.76 Å². The zero-order chi connectivity index (χ0) is 16.5. The Hall–Kier alpha value is -1.98. The van der Waals surface area contributed by atoms with Gasteiger partial charge in [0, 0.05) is 44.1 Å². The minimum Gasteiger partial charge on any atom is -0.469 e. The van der Waals surface area contributed by atoms with Crippen LogP contribution in [-0.2, 0) is 11.2 Å². The van der Waals surface area contributed by atoms with Gasteiger partial charge in [-0.25, -0.2) is 4.79 Å². The quantitative estimate of drug-likeness (QED) is 0.905. The summed E-state index contributed by atoms with van der Waals surface area (Å²) < 4.78 is 5.50. The second kappa shape index (κ2) is 6.49. The second-order valence-electron chi connectivity index (χ2n) is 7.13. The Morgan fingerprint density at radius 1 is 1.17 bits per heavy atom. The van der Waals surface area contributed by atoms with E-state index in [4.69, 9.17) is 4.42 Å². The zero-order valence-corrected chi connectivity index (χ0v) is 14.0. The number of carbonyl (C=O) groups is 2. The summed E-state index contributed by atoms with van der Waals surface area (Å²) in [4.78, 5) is 28.6. The fourth-order valence-electron chi connectivity index (χ4n) is 4.33. The molecule has 4 rings (SSSR count). The van der Waals surface area contributed by atoms with Crippen molar-refractivity contribution in [1.82, 2.24) is 15.1 Å². The molecule has 2 fully saturated rings. The molecule has 2 aliphatic heterocycles. The maximum absolute atomic E-state index is 12.7. The van der Waals surface area contributed by atoms with Crippen LogP contribution in [0.1, 0.15) is 55.9 Å². The van der Waals surface area contributed by atoms with Gasteiger partial charge in [-0.1, -0.05) is 0 Å². The number of amides is 3. The number of carbonyl (C=O) groups excluding carboxylic acids is 2. The molecule has 130 valence electrons. The molecule has 0 bridgehead atoms. The number of rotatable bonds is 2. The Bertz CT molecular complexity index is 627. The van der Waals surface area contributed by atoms with E-state index in [0.717, 1.165) is 62.9 Å². The van der Waals surface area contributed by atoms with Gasteiger partial charge >= 0.3 is 6.03 Å². The van der Waals surface area contributed by atoms with Gasteiger partial charge in [-0.15, -0.1) is 0 Å². The normalized spacial score (nSPS) is 27.2. The SMILES string of the molecule is O=C(N[C@@H]1CCCc2occc21)N1CCC[C@@H](N2CCCC2=O)C1. The lowest BCUT2D eigenvalue weighted by Gasteiger charge is -2.38. The summed E-state index contributed by atoms with van der Waals surface area (Å²) in [6.07, 6.45) is 8.24. The van der Waals surface area contributed by atoms with Gasteiger partial charge in [-0.3, -0.25) is 4.79 Å². The van der Waals surface area contributed by atoms with E-state index in [2.05, 4.69) is 5.32 Å². The molecule has 2 atom stereocenters. The van der Waals surface area contributed by atoms with Crippen LogP contribution in [0.15, 0.2) is 16.7 Å². The minimum absolute atomic E-state index is 0.00889. The molecule has 3 heterocycles. The predicted molar refractivity (Wildman–Crippen MR) is 88.5 cm³/mol. The number of hydrogen-bond acceptors (Lipinski definition) is 3. The van der Waals surface area contributed by atoms with E-state index < -0.39 is 0 Å². The molecule has 0 unspecified atom stereocenters. The molecule has 24 heavy (non-hydrogen) atoms. The van der Waals surface area contributed by atoms with Crippen LogP contribution in [0.2, 0.25) is 0 Å². The van der Waals surface area contributed by atoms with Crippen LogP contribution in [0.5, 0.6) is 0 Å². The lowest BCUT2D eigenvalue weighted by molar-refractivity contribution is -0.130. The van der Waals surface area contributed by atoms with Gasteiger partial charge in [0.25, 0.3) is 0 Å². The Morgan fingerprint density at radius 2 is 2.08 bits per heavy atom. The largest absolute Gasteiger partial charge is 0.469 e. The fraction of sp³-hybridized carbons (Fsp3) is 0.667. The molecule has 1 aromatic heterocycles. The van der Waals surface area contributed by atoms with Crippen LogP contribution in [0.25, 0.3) is 0 Å². The van der Waals surface area contributed by atoms with Crippen molar-refractivity contribution >= 4 is 11.9 Å². The molecule has 0 spiro atoms. The summed E-state index contributed by atoms with van der Waals surface area (Å²) in [6, 6.07) is 2.20. The van der Waals surface area contributed by atoms with E-state index in [-0.39, 0.29) is 24.0 Å². The van der Waals surface area contributed by atoms with E-state index in [0.29, 0.717) is 13.0 Å². The third-order valence-corrected chi connectivity index (χ3v) is 5.58. The number of hydrogen-bond donors (Lipinski definition) is 1. The number of nitrogens with zero attached hydrogens (tertiary/aromatic N) is 2. The minimum atomic E-state index is -0.00889. The summed E-state index contributed by atoms with van der Waals surface area (Å²) in [5.41, 5.74) is 1.12. The molecule has 0 saturated carbocycles. The molecule has 6 nitrogen and oxygen atoms in total. The van der Waals surface area contributed by atoms with E-state index in [9.17, 15) is 9.59 Å². The highest BCUT2D eigenvalue weighted by atomic mass is 16.3. The molecule has 2 saturated heterocycles. The van der Waals surface area contributed by atoms with E-state index in [1.54, 1.807) is 6.26 Å². The van der Waals surface area contributed by atoms with E-state index in [1.807, 2.05) is 15.9 Å². The second-order valence-corrected chi connectivity index (χ2v) is 7.13. The first-order valence-electron chi connectivity index (χ1n) is 9.13. The first-order chi connectivity index (χ1) is 11.7. The van der Waals surface area contributed by atoms with Gasteiger partial charge < -0.3 is 19.5 Å². The average molecular weight is 331 g/mol. The molecule has 6 heteroatoms. The molecule has 3 amide bonds. The van der Waals surface area contributed by atoms with E-state index >= 15 is 0 Å². The van der Waals surface area contributed by atoms with Crippen molar-refractivity contribution < 1.29 is 14.0 Å². The van der Waals surface area contributed by atoms with Gasteiger partial charge in [0.15, 0.2) is 0 Å². The van der Waals surface area contributed by atoms with Crippen LogP contribution >= 0.6 is 0 Å². The maximum Gasteiger partial charge on any atom is 0.317 e. The number of aryl methyl sites for hydroxylation is 1. The summed E-state index contributed by atoms with van der Waals surface area (Å²) in [5, 5.41) is 3.18. The van der Waals surface area contributed by atoms with Crippen molar-refractivity contribution in [3.05, 3.63) is 23.7 Å². The number of likely N-dealkylation sites (tertiary alicyclic amines) is 2. The zero-order valence-electron chi connectivity index (χ0n) is 14.0. The van der Waals surface area contributed by atoms with Crippen molar-refractivity contribution in [3.8, 4) is 0 Å². The molecule has 1 N–H and O–H groups in total. The lowest BCUT2D eigenvalue weighted by Crippen LogP contribution is -2.53. The summed E-state index contributed by atoms with van der Waals surface area (Å²) in [6.45, 7) is 2.28. The Balaban J connectivity index is 1.39. The first-order valence-corrected chi connectivity index (χ1v) is 9.13. The molecule has 0 aromatic carbocycles. The molecule has 1 aliphatic carbocycles. The van der Waals surface area contributed by atoms with Crippen molar-refractivity contribution in [1.29, 1.82) is 0 Å².